The van der Waals surface area contributed by atoms with E-state index >= 15 is 0 Å². The lowest BCUT2D eigenvalue weighted by Crippen LogP contribution is -2.07. The van der Waals surface area contributed by atoms with Crippen LogP contribution in [0.1, 0.15) is 17.1 Å². The number of aryl methyl sites for hydroxylation is 2. The van der Waals surface area contributed by atoms with Gasteiger partial charge in [-0.15, -0.1) is 5.10 Å². The molecule has 0 aliphatic carbocycles. The van der Waals surface area contributed by atoms with E-state index in [1.54, 1.807) is 12.5 Å². The number of nitrogens with zero attached hydrogens (tertiary/aromatic N) is 4. The summed E-state index contributed by atoms with van der Waals surface area (Å²) < 4.78 is 0. The van der Waals surface area contributed by atoms with E-state index in [2.05, 4.69) is 30.5 Å². The van der Waals surface area contributed by atoms with Crippen molar-refractivity contribution in [2.45, 2.75) is 20.4 Å². The van der Waals surface area contributed by atoms with Crippen molar-refractivity contribution in [3.05, 3.63) is 29.6 Å². The highest BCUT2D eigenvalue weighted by Crippen LogP contribution is 2.03. The minimum absolute atomic E-state index is 0.535. The normalized spacial score (nSPS) is 10.3. The molecule has 0 aromatic carbocycles. The Kier molecular flexibility index (Phi) is 2.57. The molecule has 0 aliphatic rings. The molecule has 0 saturated carbocycles. The fraction of sp³-hybridized carbons (Fsp3) is 0.333. The molecule has 0 radical (unpaired) electrons. The minimum Gasteiger partial charge on any atom is -0.347 e. The number of imidazole rings is 1. The maximum atomic E-state index is 4.25. The van der Waals surface area contributed by atoms with Gasteiger partial charge < -0.3 is 10.3 Å². The van der Waals surface area contributed by atoms with Crippen LogP contribution in [0.25, 0.3) is 0 Å². The molecule has 2 aromatic heterocycles. The smallest absolute Gasteiger partial charge is 0.243 e. The number of H-pyrrole nitrogens is 1. The highest BCUT2D eigenvalue weighted by Gasteiger charge is 2.01. The first kappa shape index (κ1) is 9.57. The summed E-state index contributed by atoms with van der Waals surface area (Å²) in [6.07, 6.45) is 3.39. The molecule has 0 amide bonds. The van der Waals surface area contributed by atoms with Crippen molar-refractivity contribution in [3.63, 3.8) is 0 Å². The molecular weight excluding hydrogens is 192 g/mol. The summed E-state index contributed by atoms with van der Waals surface area (Å²) in [5, 5.41) is 11.0. The van der Waals surface area contributed by atoms with Crippen LogP contribution in [-0.4, -0.2) is 25.1 Å². The number of rotatable bonds is 3. The van der Waals surface area contributed by atoms with E-state index in [1.165, 1.54) is 0 Å². The Morgan fingerprint density at radius 3 is 2.80 bits per heavy atom. The van der Waals surface area contributed by atoms with Crippen LogP contribution in [0.3, 0.4) is 0 Å². The molecule has 0 fully saturated rings. The lowest BCUT2D eigenvalue weighted by molar-refractivity contribution is 0.881. The molecule has 6 nitrogen and oxygen atoms in total. The Labute approximate surface area is 87.2 Å². The van der Waals surface area contributed by atoms with Crippen molar-refractivity contribution >= 4 is 5.95 Å². The Morgan fingerprint density at radius 2 is 2.13 bits per heavy atom. The van der Waals surface area contributed by atoms with E-state index < -0.39 is 0 Å². The summed E-state index contributed by atoms with van der Waals surface area (Å²) in [6, 6.07) is 0. The zero-order chi connectivity index (χ0) is 10.7. The van der Waals surface area contributed by atoms with Crippen LogP contribution >= 0.6 is 0 Å². The van der Waals surface area contributed by atoms with Crippen LogP contribution in [0.2, 0.25) is 0 Å². The standard InChI is InChI=1S/C9H12N6/c1-6-7(2)14-15-9(13-6)11-4-8-3-10-5-12-8/h3,5H,4H2,1-2H3,(H,10,12)(H,11,13,15). The topological polar surface area (TPSA) is 79.4 Å². The van der Waals surface area contributed by atoms with Crippen LogP contribution in [0.5, 0.6) is 0 Å². The van der Waals surface area contributed by atoms with E-state index in [0.717, 1.165) is 17.1 Å². The zero-order valence-corrected chi connectivity index (χ0v) is 8.65. The van der Waals surface area contributed by atoms with E-state index in [-0.39, 0.29) is 0 Å². The van der Waals surface area contributed by atoms with Crippen LogP contribution in [0, 0.1) is 13.8 Å². The number of hydrogen-bond donors (Lipinski definition) is 2. The number of aromatic nitrogens is 5. The Hall–Kier alpha value is -1.98. The maximum absolute atomic E-state index is 4.25. The molecule has 0 atom stereocenters. The lowest BCUT2D eigenvalue weighted by atomic mass is 10.4. The van der Waals surface area contributed by atoms with Gasteiger partial charge in [-0.1, -0.05) is 0 Å². The third-order valence-corrected chi connectivity index (χ3v) is 2.08. The van der Waals surface area contributed by atoms with Crippen LogP contribution in [0.4, 0.5) is 5.95 Å². The molecule has 0 bridgehead atoms. The predicted molar refractivity (Wildman–Crippen MR) is 55.2 cm³/mol. The van der Waals surface area contributed by atoms with Crippen molar-refractivity contribution in [1.82, 2.24) is 25.1 Å². The van der Waals surface area contributed by atoms with E-state index in [0.29, 0.717) is 12.5 Å². The van der Waals surface area contributed by atoms with Crippen molar-refractivity contribution in [1.29, 1.82) is 0 Å². The van der Waals surface area contributed by atoms with Gasteiger partial charge in [-0.25, -0.2) is 9.97 Å². The van der Waals surface area contributed by atoms with Gasteiger partial charge in [-0.2, -0.15) is 5.10 Å². The Morgan fingerprint density at radius 1 is 1.27 bits per heavy atom. The largest absolute Gasteiger partial charge is 0.347 e. The first-order valence-electron chi connectivity index (χ1n) is 4.65. The molecule has 6 heteroatoms. The van der Waals surface area contributed by atoms with Gasteiger partial charge in [0.2, 0.25) is 5.95 Å². The van der Waals surface area contributed by atoms with Gasteiger partial charge >= 0.3 is 0 Å². The number of aromatic amines is 1. The summed E-state index contributed by atoms with van der Waals surface area (Å²) in [7, 11) is 0. The maximum Gasteiger partial charge on any atom is 0.243 e. The summed E-state index contributed by atoms with van der Waals surface area (Å²) in [6.45, 7) is 4.41. The van der Waals surface area contributed by atoms with Crippen LogP contribution in [0.15, 0.2) is 12.5 Å². The summed E-state index contributed by atoms with van der Waals surface area (Å²) >= 11 is 0. The SMILES string of the molecule is Cc1nnc(NCc2cnc[nH]2)nc1C. The number of hydrogen-bond acceptors (Lipinski definition) is 5. The van der Waals surface area contributed by atoms with Gasteiger partial charge in [-0.3, -0.25) is 0 Å². The van der Waals surface area contributed by atoms with Gasteiger partial charge in [0, 0.05) is 6.20 Å². The Bertz CT molecular complexity index is 436. The predicted octanol–water partition coefficient (Wildman–Crippen LogP) is 0.824. The number of nitrogens with one attached hydrogen (secondary N) is 2. The molecule has 0 spiro atoms. The molecule has 0 unspecified atom stereocenters. The van der Waals surface area contributed by atoms with E-state index in [9.17, 15) is 0 Å². The summed E-state index contributed by atoms with van der Waals surface area (Å²) in [4.78, 5) is 11.2. The third kappa shape index (κ3) is 2.28. The highest BCUT2D eigenvalue weighted by atomic mass is 15.2. The molecule has 0 aliphatic heterocycles. The van der Waals surface area contributed by atoms with E-state index in [4.69, 9.17) is 0 Å². The molecule has 2 aromatic rings. The summed E-state index contributed by atoms with van der Waals surface area (Å²) in [5.41, 5.74) is 2.72. The average molecular weight is 204 g/mol. The first-order chi connectivity index (χ1) is 7.25. The zero-order valence-electron chi connectivity index (χ0n) is 8.65. The molecule has 2 N–H and O–H groups in total. The molecular formula is C9H12N6. The molecule has 2 heterocycles. The molecule has 2 rings (SSSR count). The Balaban J connectivity index is 2.02. The molecule has 0 saturated heterocycles. The van der Waals surface area contributed by atoms with Gasteiger partial charge in [0.1, 0.15) is 0 Å². The van der Waals surface area contributed by atoms with Gasteiger partial charge in [0.15, 0.2) is 0 Å². The molecule has 15 heavy (non-hydrogen) atoms. The number of anilines is 1. The second-order valence-electron chi connectivity index (χ2n) is 3.24. The lowest BCUT2D eigenvalue weighted by Gasteiger charge is -2.03. The highest BCUT2D eigenvalue weighted by molar-refractivity contribution is 5.25. The summed E-state index contributed by atoms with van der Waals surface area (Å²) in [5.74, 6) is 0.535. The minimum atomic E-state index is 0.535. The monoisotopic (exact) mass is 204 g/mol. The van der Waals surface area contributed by atoms with E-state index in [1.807, 2.05) is 13.8 Å². The quantitative estimate of drug-likeness (QED) is 0.773. The van der Waals surface area contributed by atoms with Gasteiger partial charge in [-0.05, 0) is 13.8 Å². The molecule has 78 valence electrons. The fourth-order valence-corrected chi connectivity index (χ4v) is 1.09. The van der Waals surface area contributed by atoms with Crippen LogP contribution in [-0.2, 0) is 6.54 Å². The second-order valence-corrected chi connectivity index (χ2v) is 3.24. The second kappa shape index (κ2) is 4.04. The average Bonchev–Trinajstić information content (AvgIpc) is 2.73. The van der Waals surface area contributed by atoms with Crippen molar-refractivity contribution in [2.24, 2.45) is 0 Å². The fourth-order valence-electron chi connectivity index (χ4n) is 1.09. The van der Waals surface area contributed by atoms with Gasteiger partial charge in [0.05, 0.1) is 30.0 Å². The van der Waals surface area contributed by atoms with Crippen molar-refractivity contribution < 1.29 is 0 Å². The van der Waals surface area contributed by atoms with Crippen molar-refractivity contribution in [3.8, 4) is 0 Å². The van der Waals surface area contributed by atoms with Gasteiger partial charge in [0.25, 0.3) is 0 Å². The van der Waals surface area contributed by atoms with Crippen molar-refractivity contribution in [2.75, 3.05) is 5.32 Å². The first-order valence-corrected chi connectivity index (χ1v) is 4.65. The van der Waals surface area contributed by atoms with Crippen LogP contribution < -0.4 is 5.32 Å². The third-order valence-electron chi connectivity index (χ3n) is 2.08.